The normalized spacial score (nSPS) is 12.3. The van der Waals surface area contributed by atoms with E-state index >= 15 is 0 Å². The third-order valence-corrected chi connectivity index (χ3v) is 4.51. The number of nitrogens with one attached hydrogen (secondary N) is 1. The van der Waals surface area contributed by atoms with E-state index < -0.39 is 0 Å². The van der Waals surface area contributed by atoms with Crippen LogP contribution in [0.5, 0.6) is 5.88 Å². The largest absolute Gasteiger partial charge is 0.481 e. The topological polar surface area (TPSA) is 47.0 Å². The lowest BCUT2D eigenvalue weighted by Gasteiger charge is -2.18. The van der Waals surface area contributed by atoms with Crippen molar-refractivity contribution in [3.8, 4) is 5.88 Å². The second kappa shape index (κ2) is 8.10. The molecular formula is C16H23N3OS. The number of methoxy groups -OCH3 is 1. The highest BCUT2D eigenvalue weighted by atomic mass is 32.1. The van der Waals surface area contributed by atoms with Crippen LogP contribution in [0.15, 0.2) is 23.8 Å². The van der Waals surface area contributed by atoms with Crippen LogP contribution in [0.2, 0.25) is 0 Å². The molecule has 2 rings (SSSR count). The first-order valence-electron chi connectivity index (χ1n) is 7.43. The summed E-state index contributed by atoms with van der Waals surface area (Å²) in [6.45, 7) is 5.40. The Morgan fingerprint density at radius 2 is 2.19 bits per heavy atom. The Hall–Kier alpha value is -1.46. The van der Waals surface area contributed by atoms with Crippen molar-refractivity contribution in [1.82, 2.24) is 15.3 Å². The van der Waals surface area contributed by atoms with Gasteiger partial charge in [-0.2, -0.15) is 0 Å². The number of nitrogens with zero attached hydrogens (tertiary/aromatic N) is 2. The van der Waals surface area contributed by atoms with Crippen molar-refractivity contribution in [2.45, 2.75) is 39.2 Å². The summed E-state index contributed by atoms with van der Waals surface area (Å²) in [6, 6.07) is 4.45. The molecule has 0 radical (unpaired) electrons. The van der Waals surface area contributed by atoms with Crippen LogP contribution in [-0.2, 0) is 12.8 Å². The van der Waals surface area contributed by atoms with E-state index in [2.05, 4.69) is 40.6 Å². The first-order valence-corrected chi connectivity index (χ1v) is 8.31. The Labute approximate surface area is 130 Å². The van der Waals surface area contributed by atoms with E-state index in [4.69, 9.17) is 4.74 Å². The molecule has 0 amide bonds. The first-order chi connectivity index (χ1) is 10.3. The van der Waals surface area contributed by atoms with Crippen molar-refractivity contribution in [2.75, 3.05) is 13.7 Å². The highest BCUT2D eigenvalue weighted by molar-refractivity contribution is 7.10. The molecule has 0 aromatic carbocycles. The molecule has 4 nitrogen and oxygen atoms in total. The van der Waals surface area contributed by atoms with Gasteiger partial charge < -0.3 is 10.1 Å². The summed E-state index contributed by atoms with van der Waals surface area (Å²) in [5.41, 5.74) is 2.43. The Balaban J connectivity index is 2.19. The summed E-state index contributed by atoms with van der Waals surface area (Å²) in [7, 11) is 1.63. The van der Waals surface area contributed by atoms with Gasteiger partial charge in [-0.3, -0.25) is 0 Å². The van der Waals surface area contributed by atoms with E-state index in [9.17, 15) is 0 Å². The summed E-state index contributed by atoms with van der Waals surface area (Å²) < 4.78 is 5.18. The fourth-order valence-corrected chi connectivity index (χ4v) is 3.40. The van der Waals surface area contributed by atoms with Crippen molar-refractivity contribution in [2.24, 2.45) is 0 Å². The van der Waals surface area contributed by atoms with E-state index in [0.717, 1.165) is 31.5 Å². The number of aromatic nitrogens is 2. The van der Waals surface area contributed by atoms with E-state index in [1.165, 1.54) is 10.4 Å². The quantitative estimate of drug-likeness (QED) is 0.812. The molecule has 0 aliphatic heterocycles. The predicted octanol–water partition coefficient (Wildman–Crippen LogP) is 3.39. The predicted molar refractivity (Wildman–Crippen MR) is 87.0 cm³/mol. The Bertz CT molecular complexity index is 556. The van der Waals surface area contributed by atoms with E-state index in [-0.39, 0.29) is 0 Å². The number of hydrogen-bond acceptors (Lipinski definition) is 5. The van der Waals surface area contributed by atoms with Crippen LogP contribution in [0.4, 0.5) is 0 Å². The molecule has 0 saturated carbocycles. The molecule has 2 heterocycles. The zero-order chi connectivity index (χ0) is 15.1. The van der Waals surface area contributed by atoms with Crippen molar-refractivity contribution >= 4 is 11.3 Å². The second-order valence-electron chi connectivity index (χ2n) is 4.93. The molecule has 5 heteroatoms. The fraction of sp³-hybridized carbons (Fsp3) is 0.500. The lowest BCUT2D eigenvalue weighted by Crippen LogP contribution is -2.24. The van der Waals surface area contributed by atoms with Crippen molar-refractivity contribution < 1.29 is 4.74 Å². The van der Waals surface area contributed by atoms with Crippen molar-refractivity contribution in [3.63, 3.8) is 0 Å². The first kappa shape index (κ1) is 15.9. The van der Waals surface area contributed by atoms with Gasteiger partial charge in [0, 0.05) is 29.1 Å². The van der Waals surface area contributed by atoms with Crippen LogP contribution in [0.1, 0.15) is 42.4 Å². The maximum Gasteiger partial charge on any atom is 0.216 e. The van der Waals surface area contributed by atoms with Gasteiger partial charge >= 0.3 is 0 Å². The molecule has 0 bridgehead atoms. The zero-order valence-corrected chi connectivity index (χ0v) is 13.7. The molecule has 1 atom stereocenters. The molecule has 0 aliphatic carbocycles. The van der Waals surface area contributed by atoms with Gasteiger partial charge in [-0.15, -0.1) is 11.3 Å². The summed E-state index contributed by atoms with van der Waals surface area (Å²) in [5.74, 6) is 0.621. The average molecular weight is 305 g/mol. The Morgan fingerprint density at radius 1 is 1.33 bits per heavy atom. The minimum atomic E-state index is 0.305. The smallest absolute Gasteiger partial charge is 0.216 e. The van der Waals surface area contributed by atoms with E-state index in [0.29, 0.717) is 11.9 Å². The molecule has 2 aromatic heterocycles. The van der Waals surface area contributed by atoms with Crippen LogP contribution in [0.25, 0.3) is 0 Å². The fourth-order valence-electron chi connectivity index (χ4n) is 2.33. The summed E-state index contributed by atoms with van der Waals surface area (Å²) in [5, 5.41) is 5.82. The summed E-state index contributed by atoms with van der Waals surface area (Å²) >= 11 is 1.82. The average Bonchev–Trinajstić information content (AvgIpc) is 3.00. The third kappa shape index (κ3) is 4.25. The molecule has 2 aromatic rings. The van der Waals surface area contributed by atoms with Crippen LogP contribution >= 0.6 is 11.3 Å². The highest BCUT2D eigenvalue weighted by Gasteiger charge is 2.17. The lowest BCUT2D eigenvalue weighted by atomic mass is 10.0. The van der Waals surface area contributed by atoms with E-state index in [1.807, 2.05) is 17.4 Å². The highest BCUT2D eigenvalue weighted by Crippen LogP contribution is 2.28. The molecular weight excluding hydrogens is 282 g/mol. The van der Waals surface area contributed by atoms with Crippen molar-refractivity contribution in [1.29, 1.82) is 0 Å². The van der Waals surface area contributed by atoms with Gasteiger partial charge in [-0.1, -0.05) is 13.8 Å². The zero-order valence-electron chi connectivity index (χ0n) is 12.9. The van der Waals surface area contributed by atoms with Gasteiger partial charge in [-0.05, 0) is 36.4 Å². The number of thiophene rings is 1. The second-order valence-corrected chi connectivity index (χ2v) is 5.87. The molecule has 0 spiro atoms. The maximum absolute atomic E-state index is 5.18. The van der Waals surface area contributed by atoms with E-state index in [1.54, 1.807) is 13.4 Å². The number of aryl methyl sites for hydroxylation is 1. The molecule has 0 fully saturated rings. The minimum Gasteiger partial charge on any atom is -0.481 e. The maximum atomic E-state index is 5.18. The van der Waals surface area contributed by atoms with Crippen LogP contribution in [0.3, 0.4) is 0 Å². The van der Waals surface area contributed by atoms with Crippen molar-refractivity contribution in [3.05, 3.63) is 40.0 Å². The molecule has 1 unspecified atom stereocenters. The molecule has 1 N–H and O–H groups in total. The van der Waals surface area contributed by atoms with Gasteiger partial charge in [0.1, 0.15) is 6.33 Å². The molecule has 0 aliphatic rings. The standard InChI is InChI=1S/C16H23N3OS/c1-4-7-17-14(16-12(5-2)6-8-21-16)9-13-10-15(20-3)19-11-18-13/h6,8,10-11,14,17H,4-5,7,9H2,1-3H3. The molecule has 21 heavy (non-hydrogen) atoms. The number of rotatable bonds is 8. The van der Waals surface area contributed by atoms with Gasteiger partial charge in [0.05, 0.1) is 7.11 Å². The monoisotopic (exact) mass is 305 g/mol. The van der Waals surface area contributed by atoms with Crippen LogP contribution < -0.4 is 10.1 Å². The Kier molecular flexibility index (Phi) is 6.14. The minimum absolute atomic E-state index is 0.305. The number of hydrogen-bond donors (Lipinski definition) is 1. The molecule has 0 saturated heterocycles. The van der Waals surface area contributed by atoms with Gasteiger partial charge in [0.15, 0.2) is 0 Å². The van der Waals surface area contributed by atoms with Crippen LogP contribution in [-0.4, -0.2) is 23.6 Å². The molecule has 114 valence electrons. The third-order valence-electron chi connectivity index (χ3n) is 3.44. The lowest BCUT2D eigenvalue weighted by molar-refractivity contribution is 0.395. The SMILES string of the molecule is CCCNC(Cc1cc(OC)ncn1)c1sccc1CC. The summed E-state index contributed by atoms with van der Waals surface area (Å²) in [6.07, 6.45) is 4.61. The Morgan fingerprint density at radius 3 is 2.90 bits per heavy atom. The summed E-state index contributed by atoms with van der Waals surface area (Å²) in [4.78, 5) is 9.87. The van der Waals surface area contributed by atoms with Gasteiger partial charge in [0.2, 0.25) is 5.88 Å². The van der Waals surface area contributed by atoms with Gasteiger partial charge in [-0.25, -0.2) is 9.97 Å². The number of ether oxygens (including phenoxy) is 1. The van der Waals surface area contributed by atoms with Crippen LogP contribution in [0, 0.1) is 0 Å². The van der Waals surface area contributed by atoms with Gasteiger partial charge in [0.25, 0.3) is 0 Å².